The summed E-state index contributed by atoms with van der Waals surface area (Å²) in [4.78, 5) is 11.1. The van der Waals surface area contributed by atoms with Gasteiger partial charge in [-0.3, -0.25) is 10.1 Å². The fourth-order valence-corrected chi connectivity index (χ4v) is 3.40. The lowest BCUT2D eigenvalue weighted by Gasteiger charge is -2.37. The lowest BCUT2D eigenvalue weighted by Crippen LogP contribution is -2.48. The summed E-state index contributed by atoms with van der Waals surface area (Å²) < 4.78 is 37.4. The second kappa shape index (κ2) is 8.92. The van der Waals surface area contributed by atoms with Gasteiger partial charge in [-0.25, -0.2) is 0 Å². The van der Waals surface area contributed by atoms with Gasteiger partial charge in [-0.15, -0.1) is 0 Å². The fourth-order valence-electron chi connectivity index (χ4n) is 3.40. The van der Waals surface area contributed by atoms with Crippen LogP contribution < -0.4 is 10.6 Å². The van der Waals surface area contributed by atoms with E-state index in [1.54, 1.807) is 0 Å². The molecule has 0 radical (unpaired) electrons. The van der Waals surface area contributed by atoms with Crippen LogP contribution in [-0.2, 0) is 10.3 Å². The van der Waals surface area contributed by atoms with Crippen molar-refractivity contribution in [2.75, 3.05) is 13.1 Å². The first-order valence-electron chi connectivity index (χ1n) is 9.21. The Morgan fingerprint density at radius 1 is 0.655 bits per heavy atom. The van der Waals surface area contributed by atoms with Crippen LogP contribution in [0, 0.1) is 0 Å². The van der Waals surface area contributed by atoms with Crippen molar-refractivity contribution in [3.05, 3.63) is 108 Å². The zero-order chi connectivity index (χ0) is 20.7. The maximum absolute atomic E-state index is 12.5. The summed E-state index contributed by atoms with van der Waals surface area (Å²) in [5.41, 5.74) is 2.05. The third-order valence-corrected chi connectivity index (χ3v) is 4.68. The number of amides is 1. The van der Waals surface area contributed by atoms with Gasteiger partial charge in [0.15, 0.2) is 0 Å². The first-order chi connectivity index (χ1) is 13.9. The molecule has 0 unspecified atom stereocenters. The molecule has 0 bridgehead atoms. The third kappa shape index (κ3) is 4.66. The lowest BCUT2D eigenvalue weighted by molar-refractivity contribution is -0.173. The largest absolute Gasteiger partial charge is 0.471 e. The zero-order valence-electron chi connectivity index (χ0n) is 15.6. The Kier molecular flexibility index (Phi) is 6.34. The highest BCUT2D eigenvalue weighted by Crippen LogP contribution is 2.36. The molecule has 0 aliphatic carbocycles. The number of rotatable bonds is 7. The predicted octanol–water partition coefficient (Wildman–Crippen LogP) is 4.25. The highest BCUT2D eigenvalue weighted by molar-refractivity contribution is 5.81. The van der Waals surface area contributed by atoms with E-state index in [4.69, 9.17) is 0 Å². The maximum Gasteiger partial charge on any atom is 0.471 e. The summed E-state index contributed by atoms with van der Waals surface area (Å²) >= 11 is 0. The standard InChI is InChI=1S/C23H21F3N2O/c24-23(25,26)21(29)27-16-17-28-22(18-10-4-1-5-11-18,19-12-6-2-7-13-19)20-14-8-3-9-15-20/h1-15,28H,16-17H2,(H,27,29). The predicted molar refractivity (Wildman–Crippen MR) is 106 cm³/mol. The molecular formula is C23H21F3N2O. The molecule has 0 aliphatic rings. The molecule has 0 saturated heterocycles. The number of carbonyl (C=O) groups is 1. The molecule has 3 aromatic carbocycles. The lowest BCUT2D eigenvalue weighted by atomic mass is 9.77. The van der Waals surface area contributed by atoms with Crippen LogP contribution in [0.4, 0.5) is 13.2 Å². The van der Waals surface area contributed by atoms with Gasteiger partial charge in [-0.1, -0.05) is 91.0 Å². The molecule has 150 valence electrons. The van der Waals surface area contributed by atoms with E-state index < -0.39 is 17.6 Å². The molecular weight excluding hydrogens is 377 g/mol. The first kappa shape index (κ1) is 20.6. The Morgan fingerprint density at radius 3 is 1.38 bits per heavy atom. The molecule has 0 saturated carbocycles. The van der Waals surface area contributed by atoms with E-state index in [0.29, 0.717) is 0 Å². The average molecular weight is 398 g/mol. The Bertz CT molecular complexity index is 816. The number of halogens is 3. The fraction of sp³-hybridized carbons (Fsp3) is 0.174. The number of carbonyl (C=O) groups excluding carboxylic acids is 1. The summed E-state index contributed by atoms with van der Waals surface area (Å²) in [6, 6.07) is 29.1. The van der Waals surface area contributed by atoms with Gasteiger partial charge in [-0.2, -0.15) is 13.2 Å². The van der Waals surface area contributed by atoms with Gasteiger partial charge in [0.25, 0.3) is 0 Å². The minimum atomic E-state index is -4.89. The van der Waals surface area contributed by atoms with Crippen LogP contribution in [0.1, 0.15) is 16.7 Å². The highest BCUT2D eigenvalue weighted by Gasteiger charge is 2.39. The van der Waals surface area contributed by atoms with Crippen LogP contribution in [0.5, 0.6) is 0 Å². The topological polar surface area (TPSA) is 41.1 Å². The smallest absolute Gasteiger partial charge is 0.347 e. The molecule has 0 spiro atoms. The summed E-state index contributed by atoms with van der Waals surface area (Å²) in [7, 11) is 0. The van der Waals surface area contributed by atoms with Gasteiger partial charge in [0, 0.05) is 13.1 Å². The van der Waals surface area contributed by atoms with Gasteiger partial charge in [-0.05, 0) is 16.7 Å². The monoisotopic (exact) mass is 398 g/mol. The van der Waals surface area contributed by atoms with Gasteiger partial charge >= 0.3 is 12.1 Å². The summed E-state index contributed by atoms with van der Waals surface area (Å²) in [5, 5.41) is 5.33. The highest BCUT2D eigenvalue weighted by atomic mass is 19.4. The minimum absolute atomic E-state index is 0.139. The Labute approximate surface area is 167 Å². The van der Waals surface area contributed by atoms with Crippen LogP contribution in [0.25, 0.3) is 0 Å². The second-order valence-electron chi connectivity index (χ2n) is 6.53. The van der Waals surface area contributed by atoms with E-state index >= 15 is 0 Å². The Hall–Kier alpha value is -3.12. The van der Waals surface area contributed by atoms with Crippen molar-refractivity contribution in [2.45, 2.75) is 11.7 Å². The molecule has 3 rings (SSSR count). The van der Waals surface area contributed by atoms with Crippen molar-refractivity contribution >= 4 is 5.91 Å². The minimum Gasteiger partial charge on any atom is -0.347 e. The van der Waals surface area contributed by atoms with Crippen LogP contribution in [0.2, 0.25) is 0 Å². The number of alkyl halides is 3. The van der Waals surface area contributed by atoms with Crippen molar-refractivity contribution in [1.82, 2.24) is 10.6 Å². The van der Waals surface area contributed by atoms with Gasteiger partial charge in [0.1, 0.15) is 0 Å². The van der Waals surface area contributed by atoms with Crippen molar-refractivity contribution in [3.63, 3.8) is 0 Å². The van der Waals surface area contributed by atoms with Crippen molar-refractivity contribution in [1.29, 1.82) is 0 Å². The third-order valence-electron chi connectivity index (χ3n) is 4.68. The van der Waals surface area contributed by atoms with Gasteiger partial charge in [0.05, 0.1) is 5.54 Å². The molecule has 3 aromatic rings. The summed E-state index contributed by atoms with van der Waals surface area (Å²) in [6.07, 6.45) is -4.89. The molecule has 0 fully saturated rings. The van der Waals surface area contributed by atoms with Crippen LogP contribution in [0.15, 0.2) is 91.0 Å². The number of hydrogen-bond acceptors (Lipinski definition) is 2. The normalized spacial score (nSPS) is 11.8. The van der Waals surface area contributed by atoms with E-state index in [-0.39, 0.29) is 13.1 Å². The van der Waals surface area contributed by atoms with Crippen LogP contribution in [0.3, 0.4) is 0 Å². The van der Waals surface area contributed by atoms with E-state index in [1.807, 2.05) is 96.3 Å². The summed E-state index contributed by atoms with van der Waals surface area (Å²) in [5.74, 6) is -1.94. The Balaban J connectivity index is 1.98. The van der Waals surface area contributed by atoms with Crippen molar-refractivity contribution < 1.29 is 18.0 Å². The first-order valence-corrected chi connectivity index (χ1v) is 9.21. The molecule has 0 aliphatic heterocycles. The molecule has 0 aromatic heterocycles. The number of hydrogen-bond donors (Lipinski definition) is 2. The second-order valence-corrected chi connectivity index (χ2v) is 6.53. The molecule has 29 heavy (non-hydrogen) atoms. The van der Waals surface area contributed by atoms with E-state index in [1.165, 1.54) is 0 Å². The average Bonchev–Trinajstić information content (AvgIpc) is 2.75. The zero-order valence-corrected chi connectivity index (χ0v) is 15.6. The molecule has 3 nitrogen and oxygen atoms in total. The molecule has 1 amide bonds. The molecule has 6 heteroatoms. The van der Waals surface area contributed by atoms with Crippen molar-refractivity contribution in [3.8, 4) is 0 Å². The van der Waals surface area contributed by atoms with Gasteiger partial charge < -0.3 is 5.32 Å². The van der Waals surface area contributed by atoms with Gasteiger partial charge in [0.2, 0.25) is 0 Å². The van der Waals surface area contributed by atoms with E-state index in [0.717, 1.165) is 16.7 Å². The van der Waals surface area contributed by atoms with E-state index in [9.17, 15) is 18.0 Å². The van der Waals surface area contributed by atoms with Crippen molar-refractivity contribution in [2.24, 2.45) is 0 Å². The van der Waals surface area contributed by atoms with Crippen LogP contribution in [-0.4, -0.2) is 25.2 Å². The molecule has 0 atom stereocenters. The number of nitrogens with one attached hydrogen (secondary N) is 2. The molecule has 2 N–H and O–H groups in total. The quantitative estimate of drug-likeness (QED) is 0.462. The molecule has 0 heterocycles. The Morgan fingerprint density at radius 2 is 1.03 bits per heavy atom. The van der Waals surface area contributed by atoms with E-state index in [2.05, 4.69) is 5.32 Å². The van der Waals surface area contributed by atoms with Crippen LogP contribution >= 0.6 is 0 Å². The SMILES string of the molecule is O=C(NCCNC(c1ccccc1)(c1ccccc1)c1ccccc1)C(F)(F)F. The maximum atomic E-state index is 12.5. The number of benzene rings is 3. The summed E-state index contributed by atoms with van der Waals surface area (Å²) in [6.45, 7) is -0.0207.